The highest BCUT2D eigenvalue weighted by atomic mass is 32.2. The minimum absolute atomic E-state index is 0.0632. The van der Waals surface area contributed by atoms with Crippen molar-refractivity contribution >= 4 is 15.5 Å². The second kappa shape index (κ2) is 4.82. The molecule has 0 aromatic carbocycles. The first-order chi connectivity index (χ1) is 8.91. The first-order valence-electron chi connectivity index (χ1n) is 5.89. The summed E-state index contributed by atoms with van der Waals surface area (Å²) in [5, 5.41) is 0.0632. The van der Waals surface area contributed by atoms with Crippen molar-refractivity contribution in [2.24, 2.45) is 0 Å². The Morgan fingerprint density at radius 1 is 1.42 bits per heavy atom. The van der Waals surface area contributed by atoms with E-state index in [9.17, 15) is 8.42 Å². The molecular formula is C12H17N3O3S. The average Bonchev–Trinajstić information content (AvgIpc) is 2.76. The molecule has 2 aromatic heterocycles. The van der Waals surface area contributed by atoms with Gasteiger partial charge >= 0.3 is 0 Å². The first-order valence-corrected chi connectivity index (χ1v) is 7.33. The molecule has 0 atom stereocenters. The highest BCUT2D eigenvalue weighted by Gasteiger charge is 2.25. The van der Waals surface area contributed by atoms with Crippen LogP contribution in [0.15, 0.2) is 23.4 Å². The summed E-state index contributed by atoms with van der Waals surface area (Å²) >= 11 is 0. The van der Waals surface area contributed by atoms with Crippen molar-refractivity contribution in [2.75, 3.05) is 21.2 Å². The number of ether oxygens (including phenoxy) is 1. The SMILES string of the molecule is CCc1nc(S(=O)(=O)N(C)C)c2cc(OC)ccn12. The van der Waals surface area contributed by atoms with Crippen LogP contribution in [0.2, 0.25) is 0 Å². The molecule has 7 heteroatoms. The van der Waals surface area contributed by atoms with Gasteiger partial charge in [-0.15, -0.1) is 0 Å². The number of aromatic nitrogens is 2. The Labute approximate surface area is 112 Å². The predicted molar refractivity (Wildman–Crippen MR) is 72.0 cm³/mol. The van der Waals surface area contributed by atoms with Gasteiger partial charge in [-0.2, -0.15) is 0 Å². The summed E-state index contributed by atoms with van der Waals surface area (Å²) in [6.45, 7) is 1.94. The van der Waals surface area contributed by atoms with Crippen LogP contribution in [0, 0.1) is 0 Å². The van der Waals surface area contributed by atoms with E-state index in [1.807, 2.05) is 6.92 Å². The van der Waals surface area contributed by atoms with Gasteiger partial charge in [0.05, 0.1) is 12.6 Å². The highest BCUT2D eigenvalue weighted by Crippen LogP contribution is 2.24. The Hall–Kier alpha value is -1.60. The van der Waals surface area contributed by atoms with Crippen LogP contribution in [0.5, 0.6) is 5.75 Å². The van der Waals surface area contributed by atoms with E-state index in [0.29, 0.717) is 23.5 Å². The summed E-state index contributed by atoms with van der Waals surface area (Å²) in [4.78, 5) is 4.25. The fourth-order valence-corrected chi connectivity index (χ4v) is 2.83. The van der Waals surface area contributed by atoms with Gasteiger partial charge in [-0.25, -0.2) is 17.7 Å². The average molecular weight is 283 g/mol. The number of imidazole rings is 1. The third-order valence-electron chi connectivity index (χ3n) is 2.93. The molecule has 0 bridgehead atoms. The molecule has 0 aliphatic rings. The Kier molecular flexibility index (Phi) is 3.51. The van der Waals surface area contributed by atoms with Crippen LogP contribution in [0.4, 0.5) is 0 Å². The Balaban J connectivity index is 2.81. The van der Waals surface area contributed by atoms with E-state index in [4.69, 9.17) is 4.74 Å². The maximum Gasteiger partial charge on any atom is 0.262 e. The van der Waals surface area contributed by atoms with E-state index in [1.54, 1.807) is 29.8 Å². The van der Waals surface area contributed by atoms with Crippen LogP contribution in [0.3, 0.4) is 0 Å². The minimum atomic E-state index is -3.57. The Bertz CT molecular complexity index is 704. The fraction of sp³-hybridized carbons (Fsp3) is 0.417. The molecule has 0 N–H and O–H groups in total. The lowest BCUT2D eigenvalue weighted by molar-refractivity contribution is 0.414. The van der Waals surface area contributed by atoms with Crippen molar-refractivity contribution in [3.8, 4) is 5.75 Å². The van der Waals surface area contributed by atoms with Crippen LogP contribution in [0.1, 0.15) is 12.7 Å². The number of fused-ring (bicyclic) bond motifs is 1. The molecule has 2 aromatic rings. The van der Waals surface area contributed by atoms with Gasteiger partial charge in [-0.05, 0) is 6.07 Å². The third kappa shape index (κ3) is 2.19. The van der Waals surface area contributed by atoms with E-state index in [-0.39, 0.29) is 5.03 Å². The molecule has 0 fully saturated rings. The van der Waals surface area contributed by atoms with Crippen molar-refractivity contribution in [3.05, 3.63) is 24.2 Å². The number of pyridine rings is 1. The smallest absolute Gasteiger partial charge is 0.262 e. The van der Waals surface area contributed by atoms with Gasteiger partial charge in [0.2, 0.25) is 0 Å². The monoisotopic (exact) mass is 283 g/mol. The van der Waals surface area contributed by atoms with Crippen LogP contribution in [-0.4, -0.2) is 43.3 Å². The van der Waals surface area contributed by atoms with Gasteiger partial charge in [-0.1, -0.05) is 6.92 Å². The topological polar surface area (TPSA) is 63.9 Å². The van der Waals surface area contributed by atoms with Crippen LogP contribution >= 0.6 is 0 Å². The molecule has 0 spiro atoms. The lowest BCUT2D eigenvalue weighted by Crippen LogP contribution is -2.22. The molecule has 0 aliphatic carbocycles. The largest absolute Gasteiger partial charge is 0.497 e. The van der Waals surface area contributed by atoms with Crippen molar-refractivity contribution < 1.29 is 13.2 Å². The maximum absolute atomic E-state index is 12.3. The second-order valence-electron chi connectivity index (χ2n) is 4.30. The zero-order valence-electron chi connectivity index (χ0n) is 11.4. The van der Waals surface area contributed by atoms with Gasteiger partial charge in [0, 0.05) is 32.8 Å². The second-order valence-corrected chi connectivity index (χ2v) is 6.36. The summed E-state index contributed by atoms with van der Waals surface area (Å²) in [5.74, 6) is 1.31. The molecule has 6 nitrogen and oxygen atoms in total. The van der Waals surface area contributed by atoms with Crippen LogP contribution in [-0.2, 0) is 16.4 Å². The molecule has 0 aliphatic heterocycles. The molecular weight excluding hydrogens is 266 g/mol. The molecule has 0 radical (unpaired) electrons. The maximum atomic E-state index is 12.3. The van der Waals surface area contributed by atoms with Crippen molar-refractivity contribution in [1.29, 1.82) is 0 Å². The standard InChI is InChI=1S/C12H17N3O3S/c1-5-11-13-12(19(16,17)14(2)3)10-8-9(18-4)6-7-15(10)11/h6-8H,5H2,1-4H3. The summed E-state index contributed by atoms with van der Waals surface area (Å²) in [7, 11) is 0.958. The minimum Gasteiger partial charge on any atom is -0.497 e. The lowest BCUT2D eigenvalue weighted by atomic mass is 10.4. The quantitative estimate of drug-likeness (QED) is 0.844. The number of hydrogen-bond donors (Lipinski definition) is 0. The summed E-state index contributed by atoms with van der Waals surface area (Å²) in [5.41, 5.74) is 0.532. The number of aryl methyl sites for hydroxylation is 1. The molecule has 19 heavy (non-hydrogen) atoms. The normalized spacial score (nSPS) is 12.3. The van der Waals surface area contributed by atoms with E-state index in [1.165, 1.54) is 14.1 Å². The number of methoxy groups -OCH3 is 1. The van der Waals surface area contributed by atoms with Gasteiger partial charge in [0.25, 0.3) is 10.0 Å². The van der Waals surface area contributed by atoms with Gasteiger partial charge in [0.1, 0.15) is 11.6 Å². The van der Waals surface area contributed by atoms with Gasteiger partial charge in [0.15, 0.2) is 5.03 Å². The fourth-order valence-electron chi connectivity index (χ4n) is 1.84. The van der Waals surface area contributed by atoms with Crippen LogP contribution < -0.4 is 4.74 Å². The van der Waals surface area contributed by atoms with Crippen molar-refractivity contribution in [2.45, 2.75) is 18.4 Å². The molecule has 0 unspecified atom stereocenters. The Morgan fingerprint density at radius 3 is 2.63 bits per heavy atom. The molecule has 0 amide bonds. The third-order valence-corrected chi connectivity index (χ3v) is 4.68. The number of rotatable bonds is 4. The zero-order chi connectivity index (χ0) is 14.2. The highest BCUT2D eigenvalue weighted by molar-refractivity contribution is 7.89. The van der Waals surface area contributed by atoms with Gasteiger partial charge in [-0.3, -0.25) is 0 Å². The van der Waals surface area contributed by atoms with Crippen molar-refractivity contribution in [1.82, 2.24) is 13.7 Å². The predicted octanol–water partition coefficient (Wildman–Crippen LogP) is 1.16. The first kappa shape index (κ1) is 13.8. The number of nitrogens with zero attached hydrogens (tertiary/aromatic N) is 3. The van der Waals surface area contributed by atoms with Crippen LogP contribution in [0.25, 0.3) is 5.52 Å². The van der Waals surface area contributed by atoms with E-state index in [0.717, 1.165) is 4.31 Å². The lowest BCUT2D eigenvalue weighted by Gasteiger charge is -2.09. The number of hydrogen-bond acceptors (Lipinski definition) is 4. The summed E-state index contributed by atoms with van der Waals surface area (Å²) < 4.78 is 32.6. The number of sulfonamides is 1. The zero-order valence-corrected chi connectivity index (χ0v) is 12.2. The van der Waals surface area contributed by atoms with Gasteiger partial charge < -0.3 is 9.14 Å². The van der Waals surface area contributed by atoms with E-state index in [2.05, 4.69) is 4.98 Å². The molecule has 0 saturated heterocycles. The Morgan fingerprint density at radius 2 is 2.11 bits per heavy atom. The van der Waals surface area contributed by atoms with Crippen molar-refractivity contribution in [3.63, 3.8) is 0 Å². The molecule has 2 rings (SSSR count). The van der Waals surface area contributed by atoms with E-state index >= 15 is 0 Å². The molecule has 0 saturated carbocycles. The molecule has 104 valence electrons. The summed E-state index contributed by atoms with van der Waals surface area (Å²) in [6, 6.07) is 3.46. The molecule has 2 heterocycles. The van der Waals surface area contributed by atoms with E-state index < -0.39 is 10.0 Å². The summed E-state index contributed by atoms with van der Waals surface area (Å²) in [6.07, 6.45) is 2.42.